The molecule has 1 N–H and O–H groups in total. The van der Waals surface area contributed by atoms with E-state index in [2.05, 4.69) is 10.2 Å². The van der Waals surface area contributed by atoms with Crippen molar-refractivity contribution < 1.29 is 14.5 Å². The number of hydrogen-bond acceptors (Lipinski definition) is 5. The highest BCUT2D eigenvalue weighted by Crippen LogP contribution is 2.11. The fourth-order valence-corrected chi connectivity index (χ4v) is 2.33. The number of rotatable bonds is 5. The minimum absolute atomic E-state index is 0.0297. The van der Waals surface area contributed by atoms with Crippen LogP contribution in [-0.4, -0.2) is 66.3 Å². The van der Waals surface area contributed by atoms with Crippen LogP contribution in [0, 0.1) is 10.1 Å². The number of amides is 2. The maximum Gasteiger partial charge on any atom is 0.269 e. The summed E-state index contributed by atoms with van der Waals surface area (Å²) in [6.45, 7) is 3.40. The summed E-state index contributed by atoms with van der Waals surface area (Å²) in [5.41, 5.74) is 0.273. The Morgan fingerprint density at radius 2 is 1.78 bits per heavy atom. The van der Waals surface area contributed by atoms with Crippen molar-refractivity contribution in [3.63, 3.8) is 0 Å². The molecular weight excluding hydrogens is 300 g/mol. The second-order valence-electron chi connectivity index (χ2n) is 5.49. The lowest BCUT2D eigenvalue weighted by molar-refractivity contribution is -0.384. The molecule has 23 heavy (non-hydrogen) atoms. The number of nitro groups is 1. The molecule has 1 aromatic rings. The molecule has 0 atom stereocenters. The second kappa shape index (κ2) is 7.68. The number of carbonyl (C=O) groups is 2. The van der Waals surface area contributed by atoms with Gasteiger partial charge in [0.1, 0.15) is 0 Å². The van der Waals surface area contributed by atoms with E-state index in [-0.39, 0.29) is 30.5 Å². The van der Waals surface area contributed by atoms with E-state index in [4.69, 9.17) is 0 Å². The van der Waals surface area contributed by atoms with Crippen LogP contribution in [0.3, 0.4) is 0 Å². The predicted molar refractivity (Wildman–Crippen MR) is 84.1 cm³/mol. The van der Waals surface area contributed by atoms with Gasteiger partial charge in [0.15, 0.2) is 0 Å². The Hall–Kier alpha value is -2.48. The average molecular weight is 320 g/mol. The highest BCUT2D eigenvalue weighted by atomic mass is 16.6. The van der Waals surface area contributed by atoms with Gasteiger partial charge in [0.25, 0.3) is 11.6 Å². The highest BCUT2D eigenvalue weighted by Gasteiger charge is 2.18. The van der Waals surface area contributed by atoms with Crippen molar-refractivity contribution in [2.24, 2.45) is 0 Å². The zero-order valence-corrected chi connectivity index (χ0v) is 13.0. The van der Waals surface area contributed by atoms with Crippen LogP contribution in [0.2, 0.25) is 0 Å². The van der Waals surface area contributed by atoms with E-state index in [0.29, 0.717) is 18.7 Å². The molecule has 1 saturated heterocycles. The topological polar surface area (TPSA) is 95.8 Å². The number of hydrogen-bond donors (Lipinski definition) is 1. The third-order valence-corrected chi connectivity index (χ3v) is 3.82. The Balaban J connectivity index is 1.76. The van der Waals surface area contributed by atoms with Crippen LogP contribution < -0.4 is 5.32 Å². The molecule has 0 aliphatic carbocycles. The Morgan fingerprint density at radius 1 is 1.17 bits per heavy atom. The SMILES string of the molecule is CN1CCN(C(=O)CCNC(=O)c2ccc([N+](=O)[O-])cc2)CC1. The zero-order valence-electron chi connectivity index (χ0n) is 13.0. The Bertz CT molecular complexity index is 580. The average Bonchev–Trinajstić information content (AvgIpc) is 2.55. The molecule has 1 fully saturated rings. The zero-order chi connectivity index (χ0) is 16.8. The third-order valence-electron chi connectivity index (χ3n) is 3.82. The quantitative estimate of drug-likeness (QED) is 0.629. The van der Waals surface area contributed by atoms with E-state index < -0.39 is 4.92 Å². The van der Waals surface area contributed by atoms with Crippen molar-refractivity contribution in [2.75, 3.05) is 39.8 Å². The molecule has 0 unspecified atom stereocenters. The van der Waals surface area contributed by atoms with Crippen LogP contribution in [0.1, 0.15) is 16.8 Å². The lowest BCUT2D eigenvalue weighted by Crippen LogP contribution is -2.47. The van der Waals surface area contributed by atoms with Crippen molar-refractivity contribution in [1.29, 1.82) is 0 Å². The molecule has 2 rings (SSSR count). The van der Waals surface area contributed by atoms with E-state index >= 15 is 0 Å². The van der Waals surface area contributed by atoms with Gasteiger partial charge < -0.3 is 15.1 Å². The van der Waals surface area contributed by atoms with Crippen LogP contribution in [0.5, 0.6) is 0 Å². The number of non-ortho nitro benzene ring substituents is 1. The lowest BCUT2D eigenvalue weighted by Gasteiger charge is -2.32. The summed E-state index contributed by atoms with van der Waals surface area (Å²) >= 11 is 0. The van der Waals surface area contributed by atoms with Crippen molar-refractivity contribution >= 4 is 17.5 Å². The number of likely N-dealkylation sites (N-methyl/N-ethyl adjacent to an activating group) is 1. The number of carbonyl (C=O) groups excluding carboxylic acids is 2. The van der Waals surface area contributed by atoms with Gasteiger partial charge in [-0.2, -0.15) is 0 Å². The van der Waals surface area contributed by atoms with E-state index in [1.54, 1.807) is 4.90 Å². The molecule has 0 spiro atoms. The van der Waals surface area contributed by atoms with Crippen molar-refractivity contribution in [3.8, 4) is 0 Å². The molecule has 1 aromatic carbocycles. The Kier molecular flexibility index (Phi) is 5.64. The fourth-order valence-electron chi connectivity index (χ4n) is 2.33. The third kappa shape index (κ3) is 4.75. The summed E-state index contributed by atoms with van der Waals surface area (Å²) < 4.78 is 0. The number of nitrogens with one attached hydrogen (secondary N) is 1. The number of nitrogens with zero attached hydrogens (tertiary/aromatic N) is 3. The van der Waals surface area contributed by atoms with Gasteiger partial charge in [-0.25, -0.2) is 0 Å². The summed E-state index contributed by atoms with van der Waals surface area (Å²) in [5.74, 6) is -0.312. The molecule has 8 heteroatoms. The van der Waals surface area contributed by atoms with E-state index in [1.807, 2.05) is 7.05 Å². The molecular formula is C15H20N4O4. The molecule has 1 aliphatic heterocycles. The van der Waals surface area contributed by atoms with E-state index in [9.17, 15) is 19.7 Å². The number of benzene rings is 1. The first-order valence-electron chi connectivity index (χ1n) is 7.46. The van der Waals surface area contributed by atoms with E-state index in [1.165, 1.54) is 24.3 Å². The van der Waals surface area contributed by atoms with Crippen molar-refractivity contribution in [1.82, 2.24) is 15.1 Å². The van der Waals surface area contributed by atoms with Crippen LogP contribution in [0.4, 0.5) is 5.69 Å². The minimum Gasteiger partial charge on any atom is -0.352 e. The molecule has 0 bridgehead atoms. The molecule has 8 nitrogen and oxygen atoms in total. The summed E-state index contributed by atoms with van der Waals surface area (Å²) in [7, 11) is 2.02. The van der Waals surface area contributed by atoms with Gasteiger partial charge in [0.2, 0.25) is 5.91 Å². The minimum atomic E-state index is -0.517. The molecule has 2 amide bonds. The first-order chi connectivity index (χ1) is 11.0. The molecule has 1 heterocycles. The van der Waals surface area contributed by atoms with Crippen LogP contribution >= 0.6 is 0 Å². The van der Waals surface area contributed by atoms with Crippen molar-refractivity contribution in [2.45, 2.75) is 6.42 Å². The van der Waals surface area contributed by atoms with Crippen LogP contribution in [-0.2, 0) is 4.79 Å². The molecule has 1 aliphatic rings. The van der Waals surface area contributed by atoms with Gasteiger partial charge in [-0.05, 0) is 19.2 Å². The summed E-state index contributed by atoms with van der Waals surface area (Å²) in [5, 5.41) is 13.2. The first kappa shape index (κ1) is 16.9. The van der Waals surface area contributed by atoms with Crippen LogP contribution in [0.25, 0.3) is 0 Å². The van der Waals surface area contributed by atoms with Gasteiger partial charge in [-0.3, -0.25) is 19.7 Å². The van der Waals surface area contributed by atoms with Gasteiger partial charge in [-0.1, -0.05) is 0 Å². The summed E-state index contributed by atoms with van der Waals surface area (Å²) in [6.07, 6.45) is 0.252. The molecule has 124 valence electrons. The maximum absolute atomic E-state index is 12.0. The summed E-state index contributed by atoms with van der Waals surface area (Å²) in [4.78, 5) is 38.0. The Morgan fingerprint density at radius 3 is 2.35 bits per heavy atom. The Labute approximate surface area is 134 Å². The first-order valence-corrected chi connectivity index (χ1v) is 7.46. The van der Waals surface area contributed by atoms with Gasteiger partial charge in [0, 0.05) is 56.8 Å². The number of nitro benzene ring substituents is 1. The van der Waals surface area contributed by atoms with Crippen molar-refractivity contribution in [3.05, 3.63) is 39.9 Å². The molecule has 0 aromatic heterocycles. The van der Waals surface area contributed by atoms with Gasteiger partial charge in [-0.15, -0.1) is 0 Å². The largest absolute Gasteiger partial charge is 0.352 e. The predicted octanol–water partition coefficient (Wildman–Crippen LogP) is 0.489. The molecule has 0 saturated carbocycles. The smallest absolute Gasteiger partial charge is 0.269 e. The lowest BCUT2D eigenvalue weighted by atomic mass is 10.2. The van der Waals surface area contributed by atoms with Crippen LogP contribution in [0.15, 0.2) is 24.3 Å². The normalized spacial score (nSPS) is 15.3. The maximum atomic E-state index is 12.0. The van der Waals surface area contributed by atoms with Gasteiger partial charge in [0.05, 0.1) is 4.92 Å². The van der Waals surface area contributed by atoms with Gasteiger partial charge >= 0.3 is 0 Å². The van der Waals surface area contributed by atoms with E-state index in [0.717, 1.165) is 13.1 Å². The second-order valence-corrected chi connectivity index (χ2v) is 5.49. The molecule has 0 radical (unpaired) electrons. The summed E-state index contributed by atoms with van der Waals surface area (Å²) in [6, 6.07) is 5.36. The highest BCUT2D eigenvalue weighted by molar-refractivity contribution is 5.94. The number of piperazine rings is 1. The standard InChI is InChI=1S/C15H20N4O4/c1-17-8-10-18(11-9-17)14(20)6-7-16-15(21)12-2-4-13(5-3-12)19(22)23/h2-5H,6-11H2,1H3,(H,16,21). The monoisotopic (exact) mass is 320 g/mol. The fraction of sp³-hybridized carbons (Fsp3) is 0.467.